The highest BCUT2D eigenvalue weighted by Crippen LogP contribution is 2.36. The van der Waals surface area contributed by atoms with Crippen LogP contribution in [0.3, 0.4) is 0 Å². The summed E-state index contributed by atoms with van der Waals surface area (Å²) in [6.07, 6.45) is -4.59. The van der Waals surface area contributed by atoms with Gasteiger partial charge >= 0.3 is 6.18 Å². The Morgan fingerprint density at radius 3 is 2.78 bits per heavy atom. The highest BCUT2D eigenvalue weighted by molar-refractivity contribution is 5.29. The van der Waals surface area contributed by atoms with Crippen LogP contribution in [-0.4, -0.2) is 42.9 Å². The zero-order valence-electron chi connectivity index (χ0n) is 12.4. The van der Waals surface area contributed by atoms with E-state index in [0.717, 1.165) is 12.1 Å². The molecule has 0 unspecified atom stereocenters. The van der Waals surface area contributed by atoms with E-state index in [1.54, 1.807) is 13.1 Å². The molecule has 0 amide bonds. The molecule has 0 bridgehead atoms. The highest BCUT2D eigenvalue weighted by atomic mass is 19.4. The Labute approximate surface area is 130 Å². The number of rotatable bonds is 3. The fourth-order valence-electron chi connectivity index (χ4n) is 2.89. The standard InChI is InChI=1S/C14H16F3N5O/c1-21-13(18-19-20-21)8-22-7-11(23)6-12(22)9-3-2-4-10(5-9)14(15,16)17/h2-5,11-12,23H,6-8H2,1H3/t11-,12+/m1/s1. The summed E-state index contributed by atoms with van der Waals surface area (Å²) in [4.78, 5) is 1.89. The summed E-state index contributed by atoms with van der Waals surface area (Å²) in [7, 11) is 1.70. The molecule has 0 aliphatic carbocycles. The monoisotopic (exact) mass is 327 g/mol. The number of nitrogens with zero attached hydrogens (tertiary/aromatic N) is 5. The zero-order valence-corrected chi connectivity index (χ0v) is 12.4. The summed E-state index contributed by atoms with van der Waals surface area (Å²) in [6.45, 7) is 0.731. The average molecular weight is 327 g/mol. The van der Waals surface area contributed by atoms with Crippen LogP contribution in [0.25, 0.3) is 0 Å². The lowest BCUT2D eigenvalue weighted by Crippen LogP contribution is -2.26. The Kier molecular flexibility index (Phi) is 4.07. The minimum Gasteiger partial charge on any atom is -0.392 e. The summed E-state index contributed by atoms with van der Waals surface area (Å²) in [5.41, 5.74) is -0.150. The lowest BCUT2D eigenvalue weighted by molar-refractivity contribution is -0.137. The number of tetrazole rings is 1. The third-order valence-corrected chi connectivity index (χ3v) is 4.03. The Balaban J connectivity index is 1.86. The van der Waals surface area contributed by atoms with Gasteiger partial charge in [0.05, 0.1) is 18.2 Å². The normalized spacial score (nSPS) is 22.7. The van der Waals surface area contributed by atoms with Crippen LogP contribution in [0.1, 0.15) is 29.4 Å². The molecule has 9 heteroatoms. The summed E-state index contributed by atoms with van der Waals surface area (Å²) in [5, 5.41) is 21.1. The van der Waals surface area contributed by atoms with Gasteiger partial charge in [-0.05, 0) is 34.5 Å². The highest BCUT2D eigenvalue weighted by Gasteiger charge is 2.35. The molecule has 0 saturated carbocycles. The molecular weight excluding hydrogens is 311 g/mol. The van der Waals surface area contributed by atoms with Gasteiger partial charge in [0.1, 0.15) is 0 Å². The third-order valence-electron chi connectivity index (χ3n) is 4.03. The average Bonchev–Trinajstić information content (AvgIpc) is 3.05. The second-order valence-corrected chi connectivity index (χ2v) is 5.68. The van der Waals surface area contributed by atoms with E-state index in [1.165, 1.54) is 10.7 Å². The number of alkyl halides is 3. The van der Waals surface area contributed by atoms with Crippen molar-refractivity contribution in [3.63, 3.8) is 0 Å². The number of likely N-dealkylation sites (tertiary alicyclic amines) is 1. The van der Waals surface area contributed by atoms with Gasteiger partial charge in [0.25, 0.3) is 0 Å². The molecule has 6 nitrogen and oxygen atoms in total. The van der Waals surface area contributed by atoms with Crippen LogP contribution in [0.5, 0.6) is 0 Å². The Morgan fingerprint density at radius 1 is 1.35 bits per heavy atom. The molecule has 3 rings (SSSR count). The van der Waals surface area contributed by atoms with Gasteiger partial charge in [0, 0.05) is 19.6 Å². The molecule has 1 aromatic carbocycles. The minimum atomic E-state index is -4.38. The van der Waals surface area contributed by atoms with Crippen LogP contribution in [0, 0.1) is 0 Å². The van der Waals surface area contributed by atoms with E-state index in [-0.39, 0.29) is 6.04 Å². The van der Waals surface area contributed by atoms with E-state index in [2.05, 4.69) is 15.5 Å². The topological polar surface area (TPSA) is 67.1 Å². The maximum absolute atomic E-state index is 12.9. The Bertz CT molecular complexity index is 687. The molecule has 1 saturated heterocycles. The van der Waals surface area contributed by atoms with Crippen LogP contribution < -0.4 is 0 Å². The van der Waals surface area contributed by atoms with E-state index in [1.807, 2.05) is 4.90 Å². The molecule has 1 aliphatic rings. The first-order valence-corrected chi connectivity index (χ1v) is 7.15. The maximum Gasteiger partial charge on any atom is 0.416 e. The zero-order chi connectivity index (χ0) is 16.6. The van der Waals surface area contributed by atoms with Gasteiger partial charge in [-0.25, -0.2) is 4.68 Å². The van der Waals surface area contributed by atoms with Gasteiger partial charge < -0.3 is 5.11 Å². The van der Waals surface area contributed by atoms with E-state index < -0.39 is 17.8 Å². The van der Waals surface area contributed by atoms with Crippen molar-refractivity contribution in [2.75, 3.05) is 6.54 Å². The Hall–Kier alpha value is -2.00. The van der Waals surface area contributed by atoms with Crippen molar-refractivity contribution in [3.05, 3.63) is 41.2 Å². The van der Waals surface area contributed by atoms with Crippen molar-refractivity contribution in [1.29, 1.82) is 0 Å². The predicted octanol–water partition coefficient (Wildman–Crippen LogP) is 1.54. The third kappa shape index (κ3) is 3.35. The first-order chi connectivity index (χ1) is 10.8. The van der Waals surface area contributed by atoms with Crippen LogP contribution in [0.4, 0.5) is 13.2 Å². The van der Waals surface area contributed by atoms with Crippen LogP contribution >= 0.6 is 0 Å². The van der Waals surface area contributed by atoms with Crippen LogP contribution in [0.15, 0.2) is 24.3 Å². The summed E-state index contributed by atoms with van der Waals surface area (Å²) < 4.78 is 40.2. The summed E-state index contributed by atoms with van der Waals surface area (Å²) in [5.74, 6) is 0.594. The van der Waals surface area contributed by atoms with E-state index >= 15 is 0 Å². The second kappa shape index (κ2) is 5.89. The largest absolute Gasteiger partial charge is 0.416 e. The molecule has 1 aromatic heterocycles. The van der Waals surface area contributed by atoms with Gasteiger partial charge in [-0.1, -0.05) is 12.1 Å². The molecule has 1 fully saturated rings. The summed E-state index contributed by atoms with van der Waals surface area (Å²) in [6, 6.07) is 4.94. The van der Waals surface area contributed by atoms with E-state index in [9.17, 15) is 18.3 Å². The molecule has 1 aliphatic heterocycles. The molecule has 2 heterocycles. The van der Waals surface area contributed by atoms with Crippen molar-refractivity contribution < 1.29 is 18.3 Å². The SMILES string of the molecule is Cn1nnnc1CN1C[C@H](O)C[C@H]1c1cccc(C(F)(F)F)c1. The molecule has 0 spiro atoms. The predicted molar refractivity (Wildman–Crippen MR) is 74.0 cm³/mol. The van der Waals surface area contributed by atoms with Gasteiger partial charge in [0.2, 0.25) is 0 Å². The second-order valence-electron chi connectivity index (χ2n) is 5.68. The van der Waals surface area contributed by atoms with Gasteiger partial charge in [-0.3, -0.25) is 4.90 Å². The minimum absolute atomic E-state index is 0.302. The molecule has 2 atom stereocenters. The van der Waals surface area contributed by atoms with E-state index in [0.29, 0.717) is 30.9 Å². The lowest BCUT2D eigenvalue weighted by Gasteiger charge is -2.24. The van der Waals surface area contributed by atoms with Crippen LogP contribution in [-0.2, 0) is 19.8 Å². The van der Waals surface area contributed by atoms with Gasteiger partial charge in [0.15, 0.2) is 5.82 Å². The fraction of sp³-hybridized carbons (Fsp3) is 0.500. The molecule has 23 heavy (non-hydrogen) atoms. The number of aryl methyl sites for hydroxylation is 1. The number of hydrogen-bond donors (Lipinski definition) is 1. The number of benzene rings is 1. The summed E-state index contributed by atoms with van der Waals surface area (Å²) >= 11 is 0. The first-order valence-electron chi connectivity index (χ1n) is 7.15. The number of β-amino-alcohol motifs (C(OH)–C–C–N with tert-alkyl or cyclic N) is 1. The van der Waals surface area contributed by atoms with Crippen molar-refractivity contribution in [2.45, 2.75) is 31.3 Å². The van der Waals surface area contributed by atoms with Gasteiger partial charge in [-0.2, -0.15) is 13.2 Å². The number of aliphatic hydroxyl groups is 1. The number of hydrogen-bond acceptors (Lipinski definition) is 5. The molecule has 2 aromatic rings. The first kappa shape index (κ1) is 15.9. The van der Waals surface area contributed by atoms with Crippen molar-refractivity contribution in [2.24, 2.45) is 7.05 Å². The molecule has 1 N–H and O–H groups in total. The smallest absolute Gasteiger partial charge is 0.392 e. The Morgan fingerprint density at radius 2 is 2.13 bits per heavy atom. The van der Waals surface area contributed by atoms with Crippen molar-refractivity contribution in [1.82, 2.24) is 25.1 Å². The van der Waals surface area contributed by atoms with Crippen LogP contribution in [0.2, 0.25) is 0 Å². The molecular formula is C14H16F3N5O. The lowest BCUT2D eigenvalue weighted by atomic mass is 10.0. The molecule has 124 valence electrons. The van der Waals surface area contributed by atoms with E-state index in [4.69, 9.17) is 0 Å². The number of aliphatic hydroxyl groups excluding tert-OH is 1. The fourth-order valence-corrected chi connectivity index (χ4v) is 2.89. The maximum atomic E-state index is 12.9. The number of aromatic nitrogens is 4. The van der Waals surface area contributed by atoms with Gasteiger partial charge in [-0.15, -0.1) is 5.10 Å². The van der Waals surface area contributed by atoms with Crippen molar-refractivity contribution >= 4 is 0 Å². The molecule has 0 radical (unpaired) electrons. The van der Waals surface area contributed by atoms with Crippen molar-refractivity contribution in [3.8, 4) is 0 Å². The quantitative estimate of drug-likeness (QED) is 0.926. The number of halogens is 3.